The lowest BCUT2D eigenvalue weighted by atomic mass is 9.99. The summed E-state index contributed by atoms with van der Waals surface area (Å²) in [6.07, 6.45) is 12.2. The number of hydrogen-bond donors (Lipinski definition) is 5. The SMILES string of the molecule is Cn1ccnc1CNC(=O)COc1cccc(CCC[N+]2(CCCc3cccc(OCC(=O)NCc4nccn4C)c3)CCCC(NC(=O)c3nc(Cl)c(N)nc3N)C2)c1. The molecule has 0 bridgehead atoms. The fourth-order valence-electron chi connectivity index (χ4n) is 7.53. The Balaban J connectivity index is 1.05. The van der Waals surface area contributed by atoms with E-state index in [0.717, 1.165) is 92.0 Å². The first kappa shape index (κ1) is 43.4. The number of nitrogen functional groups attached to an aromatic ring is 2. The number of carbonyl (C=O) groups excluding carboxylic acids is 3. The van der Waals surface area contributed by atoms with Crippen molar-refractivity contribution in [2.75, 3.05) is 50.9 Å². The van der Waals surface area contributed by atoms with Crippen molar-refractivity contribution in [2.24, 2.45) is 14.1 Å². The van der Waals surface area contributed by atoms with E-state index in [1.807, 2.05) is 72.0 Å². The maximum Gasteiger partial charge on any atom is 0.274 e. The first-order chi connectivity index (χ1) is 28.9. The summed E-state index contributed by atoms with van der Waals surface area (Å²) in [7, 11) is 3.76. The van der Waals surface area contributed by atoms with Gasteiger partial charge in [-0.05, 0) is 61.1 Å². The number of carbonyl (C=O) groups is 3. The lowest BCUT2D eigenvalue weighted by Crippen LogP contribution is -2.60. The van der Waals surface area contributed by atoms with Crippen LogP contribution in [0.2, 0.25) is 5.15 Å². The van der Waals surface area contributed by atoms with Crippen molar-refractivity contribution in [2.45, 2.75) is 57.7 Å². The molecule has 1 saturated heterocycles. The van der Waals surface area contributed by atoms with E-state index in [0.29, 0.717) is 24.6 Å². The maximum atomic E-state index is 13.4. The number of likely N-dealkylation sites (tertiary alicyclic amines) is 1. The fraction of sp³-hybridized carbons (Fsp3) is 0.405. The second kappa shape index (κ2) is 20.7. The molecule has 7 N–H and O–H groups in total. The number of ether oxygens (including phenoxy) is 2. The Hall–Kier alpha value is -6.20. The van der Waals surface area contributed by atoms with Crippen LogP contribution in [-0.2, 0) is 49.6 Å². The van der Waals surface area contributed by atoms with Crippen LogP contribution in [0.5, 0.6) is 11.5 Å². The van der Waals surface area contributed by atoms with Crippen molar-refractivity contribution >= 4 is 41.0 Å². The Labute approximate surface area is 354 Å². The highest BCUT2D eigenvalue weighted by Crippen LogP contribution is 2.25. The van der Waals surface area contributed by atoms with Gasteiger partial charge in [0, 0.05) is 51.7 Å². The Morgan fingerprint density at radius 2 is 1.37 bits per heavy atom. The molecular weight excluding hydrogens is 788 g/mol. The van der Waals surface area contributed by atoms with Gasteiger partial charge in [0.2, 0.25) is 0 Å². The number of aromatic nitrogens is 6. The van der Waals surface area contributed by atoms with Crippen LogP contribution in [0.4, 0.5) is 11.6 Å². The molecule has 17 nitrogen and oxygen atoms in total. The molecule has 1 atom stereocenters. The van der Waals surface area contributed by atoms with Crippen molar-refractivity contribution < 1.29 is 28.3 Å². The van der Waals surface area contributed by atoms with Crippen molar-refractivity contribution in [3.8, 4) is 11.5 Å². The highest BCUT2D eigenvalue weighted by atomic mass is 35.5. The summed E-state index contributed by atoms with van der Waals surface area (Å²) in [4.78, 5) is 54.9. The molecular formula is C42H54ClN12O5+. The molecule has 318 valence electrons. The molecule has 0 spiro atoms. The standard InChI is InChI=1S/C42H53ClN12O5/c1-53-17-15-46-34(53)24-48-36(56)27-59-32-13-3-8-29(22-32)10-5-19-55(21-7-12-31(26-55)50-42(58)38-40(44)52-41(45)39(43)51-38)20-6-11-30-9-4-14-33(23-30)60-28-37(57)49-25-35-47-16-18-54(35)2/h3-4,8-9,13-18,22-23,31H,5-7,10-12,19-21,24-28H2,1-2H3,(H6-,44,45,48,49,50,52,56,57,58)/p+1. The molecule has 5 aromatic rings. The zero-order valence-electron chi connectivity index (χ0n) is 34.1. The number of anilines is 2. The molecule has 0 aliphatic carbocycles. The Kier molecular flexibility index (Phi) is 14.9. The number of nitrogens with one attached hydrogen (secondary N) is 3. The monoisotopic (exact) mass is 841 g/mol. The van der Waals surface area contributed by atoms with Gasteiger partial charge in [-0.1, -0.05) is 35.9 Å². The molecule has 1 aliphatic rings. The van der Waals surface area contributed by atoms with E-state index in [-0.39, 0.29) is 53.6 Å². The Morgan fingerprint density at radius 3 is 1.88 bits per heavy atom. The van der Waals surface area contributed by atoms with E-state index in [1.165, 1.54) is 0 Å². The van der Waals surface area contributed by atoms with Gasteiger partial charge in [-0.3, -0.25) is 14.4 Å². The predicted molar refractivity (Wildman–Crippen MR) is 227 cm³/mol. The molecule has 60 heavy (non-hydrogen) atoms. The van der Waals surface area contributed by atoms with Crippen LogP contribution in [-0.4, -0.2) is 96.7 Å². The first-order valence-electron chi connectivity index (χ1n) is 20.1. The van der Waals surface area contributed by atoms with Gasteiger partial charge in [-0.2, -0.15) is 0 Å². The van der Waals surface area contributed by atoms with Crippen LogP contribution in [0.25, 0.3) is 0 Å². The van der Waals surface area contributed by atoms with E-state index in [2.05, 4.69) is 48.0 Å². The number of halogens is 1. The van der Waals surface area contributed by atoms with Gasteiger partial charge in [0.05, 0.1) is 45.3 Å². The van der Waals surface area contributed by atoms with Gasteiger partial charge in [0.15, 0.2) is 35.7 Å². The zero-order valence-corrected chi connectivity index (χ0v) is 34.9. The number of nitrogens with two attached hydrogens (primary N) is 2. The minimum atomic E-state index is -0.434. The van der Waals surface area contributed by atoms with Crippen LogP contribution < -0.4 is 36.9 Å². The number of amides is 3. The average Bonchev–Trinajstić information content (AvgIpc) is 3.85. The quantitative estimate of drug-likeness (QED) is 0.0717. The number of imidazole rings is 2. The van der Waals surface area contributed by atoms with E-state index >= 15 is 0 Å². The number of nitrogens with zero attached hydrogens (tertiary/aromatic N) is 7. The summed E-state index contributed by atoms with van der Waals surface area (Å²) < 4.78 is 16.2. The second-order valence-electron chi connectivity index (χ2n) is 15.2. The number of piperidine rings is 1. The molecule has 6 rings (SSSR count). The van der Waals surface area contributed by atoms with Crippen LogP contribution in [0.3, 0.4) is 0 Å². The molecule has 3 aromatic heterocycles. The summed E-state index contributed by atoms with van der Waals surface area (Å²) in [6.45, 7) is 3.92. The maximum absolute atomic E-state index is 13.4. The van der Waals surface area contributed by atoms with Gasteiger partial charge >= 0.3 is 0 Å². The number of aryl methyl sites for hydroxylation is 4. The van der Waals surface area contributed by atoms with E-state index in [1.54, 1.807) is 12.4 Å². The number of quaternary nitrogens is 1. The second-order valence-corrected chi connectivity index (χ2v) is 15.5. The lowest BCUT2D eigenvalue weighted by Gasteiger charge is -2.45. The van der Waals surface area contributed by atoms with Crippen molar-refractivity contribution in [1.29, 1.82) is 0 Å². The molecule has 2 aromatic carbocycles. The third-order valence-corrected chi connectivity index (χ3v) is 11.0. The van der Waals surface area contributed by atoms with Crippen molar-refractivity contribution in [3.05, 3.63) is 107 Å². The zero-order chi connectivity index (χ0) is 42.5. The van der Waals surface area contributed by atoms with Crippen LogP contribution in [0.15, 0.2) is 73.3 Å². The minimum Gasteiger partial charge on any atom is -0.484 e. The summed E-state index contributed by atoms with van der Waals surface area (Å²) >= 11 is 6.09. The fourth-order valence-corrected chi connectivity index (χ4v) is 7.66. The molecule has 1 unspecified atom stereocenters. The van der Waals surface area contributed by atoms with Crippen LogP contribution in [0, 0.1) is 0 Å². The molecule has 1 aliphatic heterocycles. The topological polar surface area (TPSA) is 219 Å². The highest BCUT2D eigenvalue weighted by molar-refractivity contribution is 6.31. The average molecular weight is 842 g/mol. The van der Waals surface area contributed by atoms with E-state index in [4.69, 9.17) is 32.5 Å². The lowest BCUT2D eigenvalue weighted by molar-refractivity contribution is -0.933. The molecule has 3 amide bonds. The summed E-state index contributed by atoms with van der Waals surface area (Å²) in [5.41, 5.74) is 13.9. The largest absolute Gasteiger partial charge is 0.484 e. The number of hydrogen-bond acceptors (Lipinski definition) is 11. The third kappa shape index (κ3) is 12.4. The minimum absolute atomic E-state index is 0.0302. The van der Waals surface area contributed by atoms with Crippen molar-refractivity contribution in [3.63, 3.8) is 0 Å². The van der Waals surface area contributed by atoms with Gasteiger partial charge < -0.3 is 50.5 Å². The van der Waals surface area contributed by atoms with Gasteiger partial charge in [0.25, 0.3) is 17.7 Å². The predicted octanol–water partition coefficient (Wildman–Crippen LogP) is 3.13. The molecule has 4 heterocycles. The van der Waals surface area contributed by atoms with Gasteiger partial charge in [0.1, 0.15) is 23.1 Å². The molecule has 1 fully saturated rings. The molecule has 0 saturated carbocycles. The van der Waals surface area contributed by atoms with Crippen molar-refractivity contribution in [1.82, 2.24) is 45.0 Å². The highest BCUT2D eigenvalue weighted by Gasteiger charge is 2.36. The Bertz CT molecular complexity index is 2130. The molecule has 0 radical (unpaired) electrons. The third-order valence-electron chi connectivity index (χ3n) is 10.7. The number of rotatable bonds is 20. The van der Waals surface area contributed by atoms with Gasteiger partial charge in [-0.15, -0.1) is 0 Å². The van der Waals surface area contributed by atoms with E-state index < -0.39 is 5.91 Å². The van der Waals surface area contributed by atoms with Crippen LogP contribution >= 0.6 is 11.6 Å². The summed E-state index contributed by atoms with van der Waals surface area (Å²) in [6, 6.07) is 15.6. The normalized spacial score (nSPS) is 14.6. The van der Waals surface area contributed by atoms with E-state index in [9.17, 15) is 14.4 Å². The Morgan fingerprint density at radius 1 is 0.817 bits per heavy atom. The summed E-state index contributed by atoms with van der Waals surface area (Å²) in [5, 5.41) is 8.77. The van der Waals surface area contributed by atoms with Gasteiger partial charge in [-0.25, -0.2) is 19.9 Å². The van der Waals surface area contributed by atoms with Crippen LogP contribution in [0.1, 0.15) is 58.9 Å². The summed E-state index contributed by atoms with van der Waals surface area (Å²) in [5.74, 6) is 1.79. The first-order valence-corrected chi connectivity index (χ1v) is 20.5. The number of benzene rings is 2. The molecule has 18 heteroatoms. The smallest absolute Gasteiger partial charge is 0.274 e.